The standard InChI is InChI=1S/C25H35NO7S/c1-11(13(3)34-24-21(31)20(30)19(29)17(10-27)32-24)23-25-7-8-26(4)15(12(25)2)9-14-5-6-16(28)22(33-23)18(14)25/h5-6,12-13,15,17,19-21,23-24,27-31H,1,7-10H2,2-4H3/t12?,13?,15?,17-,19?,20+,21?,23?,24?,25?/m1/s1. The first-order chi connectivity index (χ1) is 16.1. The van der Waals surface area contributed by atoms with Crippen molar-refractivity contribution in [3.8, 4) is 11.5 Å². The number of likely N-dealkylation sites (tertiary alicyclic amines) is 1. The van der Waals surface area contributed by atoms with Crippen LogP contribution in [0, 0.1) is 5.92 Å². The third-order valence-corrected chi connectivity index (χ3v) is 10.1. The Hall–Kier alpha value is -1.33. The van der Waals surface area contributed by atoms with Crippen LogP contribution in [-0.2, 0) is 16.6 Å². The van der Waals surface area contributed by atoms with Crippen LogP contribution in [-0.4, -0.2) is 97.9 Å². The molecule has 8 unspecified atom stereocenters. The fraction of sp³-hybridized carbons (Fsp3) is 0.680. The van der Waals surface area contributed by atoms with E-state index in [1.54, 1.807) is 6.07 Å². The lowest BCUT2D eigenvalue weighted by molar-refractivity contribution is -0.205. The summed E-state index contributed by atoms with van der Waals surface area (Å²) in [7, 11) is 2.16. The first-order valence-electron chi connectivity index (χ1n) is 12.0. The van der Waals surface area contributed by atoms with Gasteiger partial charge in [-0.2, -0.15) is 0 Å². The number of ether oxygens (including phenoxy) is 2. The number of phenols is 1. The van der Waals surface area contributed by atoms with Gasteiger partial charge in [0.15, 0.2) is 11.5 Å². The molecule has 1 spiro atoms. The maximum absolute atomic E-state index is 10.7. The van der Waals surface area contributed by atoms with Crippen molar-refractivity contribution in [2.45, 2.75) is 79.4 Å². The zero-order chi connectivity index (χ0) is 24.5. The van der Waals surface area contributed by atoms with Gasteiger partial charge in [-0.15, -0.1) is 11.8 Å². The molecule has 5 rings (SSSR count). The molecule has 4 aliphatic rings. The summed E-state index contributed by atoms with van der Waals surface area (Å²) < 4.78 is 12.2. The Kier molecular flexibility index (Phi) is 6.20. The molecule has 8 nitrogen and oxygen atoms in total. The van der Waals surface area contributed by atoms with E-state index in [4.69, 9.17) is 9.47 Å². The van der Waals surface area contributed by atoms with Gasteiger partial charge in [-0.05, 0) is 56.5 Å². The molecule has 3 heterocycles. The van der Waals surface area contributed by atoms with Gasteiger partial charge in [-0.25, -0.2) is 0 Å². The van der Waals surface area contributed by atoms with E-state index in [1.807, 2.05) is 13.0 Å². The van der Waals surface area contributed by atoms with Crippen LogP contribution in [0.25, 0.3) is 0 Å². The monoisotopic (exact) mass is 493 g/mol. The zero-order valence-corrected chi connectivity index (χ0v) is 20.6. The molecular weight excluding hydrogens is 458 g/mol. The number of hydrogen-bond donors (Lipinski definition) is 5. The number of nitrogens with zero attached hydrogens (tertiary/aromatic N) is 1. The summed E-state index contributed by atoms with van der Waals surface area (Å²) >= 11 is 1.29. The predicted octanol–water partition coefficient (Wildman–Crippen LogP) is 0.765. The highest BCUT2D eigenvalue weighted by atomic mass is 32.2. The number of aromatic hydroxyl groups is 1. The van der Waals surface area contributed by atoms with Crippen LogP contribution in [0.4, 0.5) is 0 Å². The SMILES string of the molecule is C=C(C(C)SC1O[C@H](CO)C(O)[C@H](O)C1O)C1Oc2c(O)ccc3c2C12CCN(C)C(C3)C2C. The summed E-state index contributed by atoms with van der Waals surface area (Å²) in [6.45, 7) is 9.10. The Morgan fingerprint density at radius 2 is 2.00 bits per heavy atom. The lowest BCUT2D eigenvalue weighted by Gasteiger charge is -2.55. The minimum absolute atomic E-state index is 0.146. The molecule has 188 valence electrons. The van der Waals surface area contributed by atoms with E-state index in [0.717, 1.165) is 30.5 Å². The van der Waals surface area contributed by atoms with Gasteiger partial charge < -0.3 is 39.9 Å². The number of aliphatic hydroxyl groups is 4. The molecule has 5 N–H and O–H groups in total. The smallest absolute Gasteiger partial charge is 0.166 e. The number of hydrogen-bond acceptors (Lipinski definition) is 9. The van der Waals surface area contributed by atoms with E-state index in [9.17, 15) is 25.5 Å². The average Bonchev–Trinajstić information content (AvgIpc) is 3.17. The summed E-state index contributed by atoms with van der Waals surface area (Å²) in [4.78, 5) is 2.41. The summed E-state index contributed by atoms with van der Waals surface area (Å²) in [6, 6.07) is 4.09. The normalized spacial score (nSPS) is 42.1. The molecule has 1 aromatic carbocycles. The molecular formula is C25H35NO7S. The second-order valence-corrected chi connectivity index (χ2v) is 11.8. The van der Waals surface area contributed by atoms with Crippen molar-refractivity contribution in [3.05, 3.63) is 35.4 Å². The van der Waals surface area contributed by atoms with Gasteiger partial charge in [0, 0.05) is 22.3 Å². The van der Waals surface area contributed by atoms with Crippen molar-refractivity contribution >= 4 is 11.8 Å². The number of thioether (sulfide) groups is 1. The Balaban J connectivity index is 1.44. The summed E-state index contributed by atoms with van der Waals surface area (Å²) in [5.41, 5.74) is 2.00. The molecule has 34 heavy (non-hydrogen) atoms. The highest BCUT2D eigenvalue weighted by Gasteiger charge is 2.61. The van der Waals surface area contributed by atoms with Crippen molar-refractivity contribution in [1.82, 2.24) is 4.90 Å². The van der Waals surface area contributed by atoms with Crippen molar-refractivity contribution in [3.63, 3.8) is 0 Å². The van der Waals surface area contributed by atoms with Crippen molar-refractivity contribution in [1.29, 1.82) is 0 Å². The Morgan fingerprint density at radius 1 is 1.26 bits per heavy atom. The number of benzene rings is 1. The Labute approximate surface area is 204 Å². The average molecular weight is 494 g/mol. The third kappa shape index (κ3) is 3.36. The van der Waals surface area contributed by atoms with E-state index in [2.05, 4.69) is 25.5 Å². The quantitative estimate of drug-likeness (QED) is 0.379. The highest BCUT2D eigenvalue weighted by molar-refractivity contribution is 8.00. The topological polar surface area (TPSA) is 123 Å². The molecule has 9 heteroatoms. The maximum atomic E-state index is 10.7. The van der Waals surface area contributed by atoms with Gasteiger partial charge in [0.2, 0.25) is 0 Å². The number of likely N-dealkylation sites (N-methyl/N-ethyl adjacent to an activating group) is 1. The second-order valence-electron chi connectivity index (χ2n) is 10.3. The lowest BCUT2D eigenvalue weighted by atomic mass is 9.55. The fourth-order valence-electron chi connectivity index (χ4n) is 6.61. The zero-order valence-electron chi connectivity index (χ0n) is 19.8. The highest BCUT2D eigenvalue weighted by Crippen LogP contribution is 2.61. The molecule has 2 bridgehead atoms. The molecule has 10 atom stereocenters. The molecule has 0 radical (unpaired) electrons. The molecule has 1 aromatic rings. The van der Waals surface area contributed by atoms with Crippen LogP contribution in [0.5, 0.6) is 11.5 Å². The van der Waals surface area contributed by atoms with Gasteiger partial charge in [0.25, 0.3) is 0 Å². The number of fused-ring (bicyclic) bond motifs is 1. The summed E-state index contributed by atoms with van der Waals surface area (Å²) in [5.74, 6) is 0.990. The molecule has 0 saturated carbocycles. The first-order valence-corrected chi connectivity index (χ1v) is 12.9. The van der Waals surface area contributed by atoms with Crippen LogP contribution in [0.3, 0.4) is 0 Å². The number of aliphatic hydroxyl groups excluding tert-OH is 4. The lowest BCUT2D eigenvalue weighted by Crippen LogP contribution is -2.61. The van der Waals surface area contributed by atoms with Crippen LogP contribution >= 0.6 is 11.8 Å². The fourth-order valence-corrected chi connectivity index (χ4v) is 7.84. The van der Waals surface area contributed by atoms with E-state index in [1.165, 1.54) is 17.3 Å². The summed E-state index contributed by atoms with van der Waals surface area (Å²) in [6.07, 6.45) is -3.62. The first kappa shape index (κ1) is 24.4. The minimum Gasteiger partial charge on any atom is -0.504 e. The second kappa shape index (κ2) is 8.65. The van der Waals surface area contributed by atoms with E-state index < -0.39 is 36.5 Å². The Bertz CT molecular complexity index is 973. The molecule has 2 fully saturated rings. The van der Waals surface area contributed by atoms with Gasteiger partial charge in [0.05, 0.1) is 6.61 Å². The van der Waals surface area contributed by atoms with Gasteiger partial charge in [-0.1, -0.05) is 19.6 Å². The van der Waals surface area contributed by atoms with Crippen LogP contribution in [0.2, 0.25) is 0 Å². The van der Waals surface area contributed by atoms with Crippen molar-refractivity contribution < 1.29 is 35.0 Å². The molecule has 2 saturated heterocycles. The number of rotatable bonds is 5. The molecule has 0 aromatic heterocycles. The number of phenolic OH excluding ortho intramolecular Hbond substituents is 1. The Morgan fingerprint density at radius 3 is 2.71 bits per heavy atom. The summed E-state index contributed by atoms with van der Waals surface area (Å²) in [5, 5.41) is 50.8. The van der Waals surface area contributed by atoms with E-state index >= 15 is 0 Å². The van der Waals surface area contributed by atoms with Gasteiger partial charge in [-0.3, -0.25) is 0 Å². The van der Waals surface area contributed by atoms with E-state index in [0.29, 0.717) is 11.8 Å². The van der Waals surface area contributed by atoms with Crippen LogP contribution in [0.15, 0.2) is 24.3 Å². The minimum atomic E-state index is -1.41. The van der Waals surface area contributed by atoms with Crippen LogP contribution in [0.1, 0.15) is 31.4 Å². The van der Waals surface area contributed by atoms with Gasteiger partial charge >= 0.3 is 0 Å². The van der Waals surface area contributed by atoms with E-state index in [-0.39, 0.29) is 28.4 Å². The van der Waals surface area contributed by atoms with Crippen LogP contribution < -0.4 is 4.74 Å². The van der Waals surface area contributed by atoms with Crippen molar-refractivity contribution in [2.24, 2.45) is 5.92 Å². The largest absolute Gasteiger partial charge is 0.504 e. The maximum Gasteiger partial charge on any atom is 0.166 e. The molecule has 3 aliphatic heterocycles. The third-order valence-electron chi connectivity index (χ3n) is 8.70. The molecule has 1 aliphatic carbocycles. The van der Waals surface area contributed by atoms with Gasteiger partial charge in [0.1, 0.15) is 36.0 Å². The predicted molar refractivity (Wildman–Crippen MR) is 128 cm³/mol. The number of piperidine rings is 1. The molecule has 0 amide bonds. The van der Waals surface area contributed by atoms with Crippen molar-refractivity contribution in [2.75, 3.05) is 20.2 Å².